The van der Waals surface area contributed by atoms with Crippen molar-refractivity contribution in [2.75, 3.05) is 18.4 Å². The number of piperidine rings is 2. The number of fused-ring (bicyclic) bond motifs is 1. The predicted octanol–water partition coefficient (Wildman–Crippen LogP) is 1.40. The highest BCUT2D eigenvalue weighted by atomic mass is 35.5. The lowest BCUT2D eigenvalue weighted by atomic mass is 9.81. The summed E-state index contributed by atoms with van der Waals surface area (Å²) >= 11 is 6.15. The Morgan fingerprint density at radius 3 is 2.83 bits per heavy atom. The third kappa shape index (κ3) is 4.17. The average Bonchev–Trinajstić information content (AvgIpc) is 2.70. The van der Waals surface area contributed by atoms with E-state index in [9.17, 15) is 14.4 Å². The van der Waals surface area contributed by atoms with E-state index in [4.69, 9.17) is 11.6 Å². The molecule has 8 nitrogen and oxygen atoms in total. The van der Waals surface area contributed by atoms with Gasteiger partial charge in [0.05, 0.1) is 18.0 Å². The van der Waals surface area contributed by atoms with Crippen molar-refractivity contribution in [3.8, 4) is 0 Å². The zero-order valence-electron chi connectivity index (χ0n) is 17.2. The van der Waals surface area contributed by atoms with Crippen LogP contribution in [-0.4, -0.2) is 48.2 Å². The number of carbonyl (C=O) groups is 3. The van der Waals surface area contributed by atoms with Crippen molar-refractivity contribution in [1.82, 2.24) is 20.9 Å². The molecule has 0 aromatic heterocycles. The number of benzene rings is 1. The molecular formula is C21H28ClN5O3. The van der Waals surface area contributed by atoms with Crippen molar-refractivity contribution >= 4 is 35.0 Å². The summed E-state index contributed by atoms with van der Waals surface area (Å²) in [6, 6.07) is 5.25. The number of carbonyl (C=O) groups excluding carboxylic acids is 3. The minimum absolute atomic E-state index is 0.0346. The molecule has 0 bridgehead atoms. The molecular weight excluding hydrogens is 406 g/mol. The molecule has 0 spiro atoms. The number of hydrogen-bond donors (Lipinski definition) is 4. The van der Waals surface area contributed by atoms with Gasteiger partial charge in [-0.1, -0.05) is 24.6 Å². The first-order chi connectivity index (χ1) is 14.3. The van der Waals surface area contributed by atoms with E-state index in [1.807, 2.05) is 6.92 Å². The van der Waals surface area contributed by atoms with Crippen LogP contribution in [0.5, 0.6) is 0 Å². The Bertz CT molecular complexity index is 863. The third-order valence-electron chi connectivity index (χ3n) is 6.35. The SMILES string of the molecule is Cc1c(Cl)cccc1NC(=O)C1CC(=O)NC2NC(N3CCCC(C)C3)NC(=O)C21. The van der Waals surface area contributed by atoms with Crippen LogP contribution in [0, 0.1) is 24.7 Å². The van der Waals surface area contributed by atoms with E-state index in [2.05, 4.69) is 33.1 Å². The monoisotopic (exact) mass is 433 g/mol. The second-order valence-corrected chi connectivity index (χ2v) is 9.01. The maximum Gasteiger partial charge on any atom is 0.229 e. The standard InChI is InChI=1S/C21H28ClN5O3/c1-11-5-4-8-27(10-11)21-25-18-17(20(30)26-21)13(9-16(28)24-18)19(29)23-15-7-3-6-14(22)12(15)2/h3,6-7,11,13,17-18,21,25H,4-5,8-10H2,1-2H3,(H,23,29)(H,24,28)(H,26,30). The Morgan fingerprint density at radius 1 is 1.27 bits per heavy atom. The summed E-state index contributed by atoms with van der Waals surface area (Å²) in [6.45, 7) is 5.76. The highest BCUT2D eigenvalue weighted by Crippen LogP contribution is 2.30. The predicted molar refractivity (Wildman–Crippen MR) is 113 cm³/mol. The summed E-state index contributed by atoms with van der Waals surface area (Å²) in [5.41, 5.74) is 1.33. The van der Waals surface area contributed by atoms with Crippen LogP contribution in [0.1, 0.15) is 31.7 Å². The van der Waals surface area contributed by atoms with Crippen LogP contribution in [0.4, 0.5) is 5.69 Å². The van der Waals surface area contributed by atoms with Gasteiger partial charge in [0, 0.05) is 30.2 Å². The zero-order chi connectivity index (χ0) is 21.4. The van der Waals surface area contributed by atoms with Crippen molar-refractivity contribution in [3.05, 3.63) is 28.8 Å². The van der Waals surface area contributed by atoms with Gasteiger partial charge >= 0.3 is 0 Å². The van der Waals surface area contributed by atoms with E-state index < -0.39 is 18.0 Å². The average molecular weight is 434 g/mol. The second kappa shape index (κ2) is 8.53. The third-order valence-corrected chi connectivity index (χ3v) is 6.76. The Morgan fingerprint density at radius 2 is 2.07 bits per heavy atom. The smallest absolute Gasteiger partial charge is 0.229 e. The number of nitrogens with zero attached hydrogens (tertiary/aromatic N) is 1. The Kier molecular flexibility index (Phi) is 5.99. The minimum atomic E-state index is -0.768. The van der Waals surface area contributed by atoms with Gasteiger partial charge in [-0.05, 0) is 43.4 Å². The summed E-state index contributed by atoms with van der Waals surface area (Å²) in [5, 5.41) is 12.6. The fraction of sp³-hybridized carbons (Fsp3) is 0.571. The summed E-state index contributed by atoms with van der Waals surface area (Å²) in [7, 11) is 0. The van der Waals surface area contributed by atoms with Gasteiger partial charge in [0.25, 0.3) is 0 Å². The maximum atomic E-state index is 13.1. The summed E-state index contributed by atoms with van der Waals surface area (Å²) in [5.74, 6) is -1.71. The van der Waals surface area contributed by atoms with Gasteiger partial charge in [0.2, 0.25) is 17.7 Å². The van der Waals surface area contributed by atoms with E-state index in [0.29, 0.717) is 16.6 Å². The number of amides is 3. The molecule has 3 aliphatic heterocycles. The molecule has 5 unspecified atom stereocenters. The fourth-order valence-corrected chi connectivity index (χ4v) is 4.86. The molecule has 3 fully saturated rings. The topological polar surface area (TPSA) is 103 Å². The van der Waals surface area contributed by atoms with E-state index in [1.54, 1.807) is 18.2 Å². The van der Waals surface area contributed by atoms with E-state index in [-0.39, 0.29) is 30.4 Å². The van der Waals surface area contributed by atoms with Gasteiger partial charge in [-0.3, -0.25) is 24.6 Å². The van der Waals surface area contributed by atoms with Crippen LogP contribution in [0.3, 0.4) is 0 Å². The van der Waals surface area contributed by atoms with E-state index in [0.717, 1.165) is 25.1 Å². The summed E-state index contributed by atoms with van der Waals surface area (Å²) < 4.78 is 0. The molecule has 3 saturated heterocycles. The van der Waals surface area contributed by atoms with Crippen molar-refractivity contribution in [2.45, 2.75) is 45.6 Å². The van der Waals surface area contributed by atoms with Crippen LogP contribution >= 0.6 is 11.6 Å². The molecule has 162 valence electrons. The Hall–Kier alpha value is -2.16. The number of nitrogens with one attached hydrogen (secondary N) is 4. The number of hydrogen-bond acceptors (Lipinski definition) is 5. The first-order valence-electron chi connectivity index (χ1n) is 10.5. The normalized spacial score (nSPS) is 32.0. The quantitative estimate of drug-likeness (QED) is 0.577. The first kappa shape index (κ1) is 21.1. The lowest BCUT2D eigenvalue weighted by Gasteiger charge is -2.47. The van der Waals surface area contributed by atoms with Gasteiger partial charge in [0.15, 0.2) is 0 Å². The molecule has 0 aliphatic carbocycles. The maximum absolute atomic E-state index is 13.1. The van der Waals surface area contributed by atoms with Crippen LogP contribution in [0.15, 0.2) is 18.2 Å². The number of likely N-dealkylation sites (tertiary alicyclic amines) is 1. The van der Waals surface area contributed by atoms with Gasteiger partial charge in [-0.2, -0.15) is 0 Å². The van der Waals surface area contributed by atoms with Crippen molar-refractivity contribution in [1.29, 1.82) is 0 Å². The Labute approximate surface area is 181 Å². The molecule has 5 atom stereocenters. The lowest BCUT2D eigenvalue weighted by Crippen LogP contribution is -2.74. The highest BCUT2D eigenvalue weighted by Gasteiger charge is 2.49. The van der Waals surface area contributed by atoms with E-state index in [1.165, 1.54) is 6.42 Å². The molecule has 3 heterocycles. The van der Waals surface area contributed by atoms with Crippen LogP contribution in [-0.2, 0) is 14.4 Å². The van der Waals surface area contributed by atoms with Crippen molar-refractivity contribution < 1.29 is 14.4 Å². The van der Waals surface area contributed by atoms with Crippen LogP contribution < -0.4 is 21.3 Å². The molecule has 0 radical (unpaired) electrons. The second-order valence-electron chi connectivity index (χ2n) is 8.60. The van der Waals surface area contributed by atoms with Crippen LogP contribution in [0.2, 0.25) is 5.02 Å². The molecule has 1 aromatic carbocycles. The van der Waals surface area contributed by atoms with Crippen LogP contribution in [0.25, 0.3) is 0 Å². The highest BCUT2D eigenvalue weighted by molar-refractivity contribution is 6.31. The number of anilines is 1. The van der Waals surface area contributed by atoms with Gasteiger partial charge in [-0.25, -0.2) is 0 Å². The minimum Gasteiger partial charge on any atom is -0.340 e. The summed E-state index contributed by atoms with van der Waals surface area (Å²) in [4.78, 5) is 40.6. The lowest BCUT2D eigenvalue weighted by molar-refractivity contribution is -0.148. The van der Waals surface area contributed by atoms with E-state index >= 15 is 0 Å². The zero-order valence-corrected chi connectivity index (χ0v) is 18.0. The number of halogens is 1. The van der Waals surface area contributed by atoms with Gasteiger partial charge in [-0.15, -0.1) is 0 Å². The van der Waals surface area contributed by atoms with Gasteiger partial charge < -0.3 is 16.0 Å². The van der Waals surface area contributed by atoms with Crippen molar-refractivity contribution in [2.24, 2.45) is 17.8 Å². The molecule has 9 heteroatoms. The first-order valence-corrected chi connectivity index (χ1v) is 10.9. The number of rotatable bonds is 3. The molecule has 3 amide bonds. The molecule has 4 rings (SSSR count). The molecule has 30 heavy (non-hydrogen) atoms. The molecule has 0 saturated carbocycles. The van der Waals surface area contributed by atoms with Crippen molar-refractivity contribution in [3.63, 3.8) is 0 Å². The molecule has 3 aliphatic rings. The molecule has 4 N–H and O–H groups in total. The molecule has 1 aromatic rings. The Balaban J connectivity index is 1.50. The van der Waals surface area contributed by atoms with Gasteiger partial charge in [0.1, 0.15) is 6.29 Å². The fourth-order valence-electron chi connectivity index (χ4n) is 4.68. The summed E-state index contributed by atoms with van der Waals surface area (Å²) in [6.07, 6.45) is 1.27. The largest absolute Gasteiger partial charge is 0.340 e.